The Morgan fingerprint density at radius 2 is 1.64 bits per heavy atom. The third-order valence-electron chi connectivity index (χ3n) is 4.93. The van der Waals surface area contributed by atoms with Crippen molar-refractivity contribution in [2.75, 3.05) is 5.32 Å². The third-order valence-corrected chi connectivity index (χ3v) is 5.26. The predicted octanol–water partition coefficient (Wildman–Crippen LogP) is 4.69. The molecular weight excluding hydrogens is 446 g/mol. The molecule has 0 saturated heterocycles. The number of carboxylic acid groups (broad SMARTS) is 2. The minimum Gasteiger partial charge on any atom is -0.478 e. The van der Waals surface area contributed by atoms with Gasteiger partial charge in [-0.05, 0) is 61.9 Å². The van der Waals surface area contributed by atoms with E-state index in [1.54, 1.807) is 48.7 Å². The number of hydrogen-bond donors (Lipinski definition) is 3. The Morgan fingerprint density at radius 1 is 1.03 bits per heavy atom. The topological polar surface area (TPSA) is 132 Å². The molecule has 0 spiro atoms. The maximum Gasteiger partial charge on any atom is 0.335 e. The van der Waals surface area contributed by atoms with Gasteiger partial charge in [0.1, 0.15) is 11.6 Å². The molecule has 0 aliphatic carbocycles. The molecule has 3 rings (SSSR count). The van der Waals surface area contributed by atoms with Crippen molar-refractivity contribution in [3.63, 3.8) is 0 Å². The fourth-order valence-electron chi connectivity index (χ4n) is 3.37. The highest BCUT2D eigenvalue weighted by Gasteiger charge is 2.17. The fourth-order valence-corrected chi connectivity index (χ4v) is 3.56. The Labute approximate surface area is 194 Å². The highest BCUT2D eigenvalue weighted by molar-refractivity contribution is 6.34. The molecule has 2 aromatic carbocycles. The van der Waals surface area contributed by atoms with Gasteiger partial charge in [0.15, 0.2) is 0 Å². The molecule has 1 aromatic heterocycles. The number of nitrogens with zero attached hydrogens (tertiary/aromatic N) is 2. The Balaban J connectivity index is 2.04. The SMILES string of the molecule is Cc1cc(C=C(C#N)C(=O)Nc2ccccc2Cl)c(C)n1-c1cc(C(=O)O)cc(C(=O)O)c1. The molecule has 0 aliphatic rings. The van der Waals surface area contributed by atoms with Crippen molar-refractivity contribution in [1.29, 1.82) is 5.26 Å². The zero-order valence-corrected chi connectivity index (χ0v) is 18.3. The Morgan fingerprint density at radius 3 is 2.18 bits per heavy atom. The van der Waals surface area contributed by atoms with Gasteiger partial charge < -0.3 is 20.1 Å². The minimum atomic E-state index is -1.26. The molecule has 3 N–H and O–H groups in total. The quantitative estimate of drug-likeness (QED) is 0.359. The minimum absolute atomic E-state index is 0.166. The number of rotatable bonds is 6. The van der Waals surface area contributed by atoms with Gasteiger partial charge >= 0.3 is 11.9 Å². The number of aryl methyl sites for hydroxylation is 1. The van der Waals surface area contributed by atoms with Crippen LogP contribution in [0.25, 0.3) is 11.8 Å². The molecule has 0 fully saturated rings. The molecule has 8 nitrogen and oxygen atoms in total. The fraction of sp³-hybridized carbons (Fsp3) is 0.0833. The van der Waals surface area contributed by atoms with Gasteiger partial charge in [-0.15, -0.1) is 0 Å². The second-order valence-corrected chi connectivity index (χ2v) is 7.55. The lowest BCUT2D eigenvalue weighted by Crippen LogP contribution is -2.13. The summed E-state index contributed by atoms with van der Waals surface area (Å²) in [5, 5.41) is 31.2. The van der Waals surface area contributed by atoms with Crippen LogP contribution in [0.1, 0.15) is 37.7 Å². The summed E-state index contributed by atoms with van der Waals surface area (Å²) >= 11 is 6.06. The number of carboxylic acids is 2. The molecule has 9 heteroatoms. The number of anilines is 1. The lowest BCUT2D eigenvalue weighted by atomic mass is 10.1. The molecule has 1 amide bonds. The van der Waals surface area contributed by atoms with Crippen LogP contribution in [-0.4, -0.2) is 32.6 Å². The number of hydrogen-bond acceptors (Lipinski definition) is 4. The zero-order valence-electron chi connectivity index (χ0n) is 17.6. The van der Waals surface area contributed by atoms with Gasteiger partial charge in [0.25, 0.3) is 5.91 Å². The molecule has 0 saturated carbocycles. The van der Waals surface area contributed by atoms with E-state index >= 15 is 0 Å². The van der Waals surface area contributed by atoms with E-state index in [1.165, 1.54) is 18.2 Å². The number of nitrogens with one attached hydrogen (secondary N) is 1. The van der Waals surface area contributed by atoms with Crippen LogP contribution in [0.3, 0.4) is 0 Å². The molecule has 1 heterocycles. The van der Waals surface area contributed by atoms with Crippen LogP contribution in [0.2, 0.25) is 5.02 Å². The first-order valence-electron chi connectivity index (χ1n) is 9.61. The van der Waals surface area contributed by atoms with Crippen molar-refractivity contribution in [3.05, 3.63) is 87.2 Å². The maximum atomic E-state index is 12.6. The summed E-state index contributed by atoms with van der Waals surface area (Å²) in [5.74, 6) is -3.16. The van der Waals surface area contributed by atoms with Crippen molar-refractivity contribution >= 4 is 41.2 Å². The van der Waals surface area contributed by atoms with E-state index in [4.69, 9.17) is 11.6 Å². The summed E-state index contributed by atoms with van der Waals surface area (Å²) in [6.07, 6.45) is 1.41. The molecule has 0 atom stereocenters. The molecule has 33 heavy (non-hydrogen) atoms. The van der Waals surface area contributed by atoms with Gasteiger partial charge in [0, 0.05) is 17.1 Å². The van der Waals surface area contributed by atoms with Gasteiger partial charge in [0.2, 0.25) is 0 Å². The summed E-state index contributed by atoms with van der Waals surface area (Å²) < 4.78 is 1.66. The lowest BCUT2D eigenvalue weighted by molar-refractivity contribution is -0.112. The average molecular weight is 464 g/mol. The van der Waals surface area contributed by atoms with Gasteiger partial charge in [-0.3, -0.25) is 4.79 Å². The van der Waals surface area contributed by atoms with Crippen LogP contribution in [0.5, 0.6) is 0 Å². The van der Waals surface area contributed by atoms with Crippen LogP contribution in [-0.2, 0) is 4.79 Å². The highest BCUT2D eigenvalue weighted by Crippen LogP contribution is 2.26. The van der Waals surface area contributed by atoms with Crippen LogP contribution < -0.4 is 5.32 Å². The van der Waals surface area contributed by atoms with E-state index in [2.05, 4.69) is 5.32 Å². The second-order valence-electron chi connectivity index (χ2n) is 7.14. The summed E-state index contributed by atoms with van der Waals surface area (Å²) in [6, 6.07) is 14.0. The largest absolute Gasteiger partial charge is 0.478 e. The molecule has 166 valence electrons. The van der Waals surface area contributed by atoms with Crippen molar-refractivity contribution in [2.24, 2.45) is 0 Å². The van der Waals surface area contributed by atoms with Crippen molar-refractivity contribution < 1.29 is 24.6 Å². The first-order valence-corrected chi connectivity index (χ1v) is 9.99. The van der Waals surface area contributed by atoms with Gasteiger partial charge in [-0.2, -0.15) is 5.26 Å². The first-order chi connectivity index (χ1) is 15.6. The summed E-state index contributed by atoms with van der Waals surface area (Å²) in [7, 11) is 0. The van der Waals surface area contributed by atoms with Gasteiger partial charge in [0.05, 0.1) is 21.8 Å². The van der Waals surface area contributed by atoms with Crippen LogP contribution in [0, 0.1) is 25.2 Å². The number of carbonyl (C=O) groups excluding carboxylic acids is 1. The standard InChI is InChI=1S/C24H18ClN3O5/c1-13-7-15(8-18(12-26)22(29)27-21-6-4-3-5-20(21)25)14(2)28(13)19-10-16(23(30)31)9-17(11-19)24(32)33/h3-11H,1-2H3,(H,27,29)(H,30,31)(H,32,33). The van der Waals surface area contributed by atoms with Crippen LogP contribution in [0.4, 0.5) is 5.69 Å². The van der Waals surface area contributed by atoms with E-state index < -0.39 is 17.8 Å². The Kier molecular flexibility index (Phi) is 6.66. The molecule has 0 aliphatic heterocycles. The normalized spacial score (nSPS) is 11.0. The molecule has 0 radical (unpaired) electrons. The maximum absolute atomic E-state index is 12.6. The number of halogens is 1. The lowest BCUT2D eigenvalue weighted by Gasteiger charge is -2.12. The smallest absolute Gasteiger partial charge is 0.335 e. The third kappa shape index (κ3) is 4.95. The Hall–Kier alpha value is -4.35. The number of nitriles is 1. The second kappa shape index (κ2) is 9.42. The number of aromatic carboxylic acids is 2. The van der Waals surface area contributed by atoms with E-state index in [0.717, 1.165) is 6.07 Å². The molecule has 0 unspecified atom stereocenters. The number of benzene rings is 2. The van der Waals surface area contributed by atoms with E-state index in [1.807, 2.05) is 6.07 Å². The highest BCUT2D eigenvalue weighted by atomic mass is 35.5. The molecular formula is C24H18ClN3O5. The van der Waals surface area contributed by atoms with Crippen LogP contribution >= 0.6 is 11.6 Å². The zero-order chi connectivity index (χ0) is 24.3. The molecule has 0 bridgehead atoms. The number of amides is 1. The number of para-hydroxylation sites is 1. The number of aromatic nitrogens is 1. The van der Waals surface area contributed by atoms with Gasteiger partial charge in [-0.25, -0.2) is 9.59 Å². The monoisotopic (exact) mass is 463 g/mol. The van der Waals surface area contributed by atoms with Crippen molar-refractivity contribution in [1.82, 2.24) is 4.57 Å². The van der Waals surface area contributed by atoms with Gasteiger partial charge in [-0.1, -0.05) is 23.7 Å². The summed E-state index contributed by atoms with van der Waals surface area (Å²) in [4.78, 5) is 35.5. The number of carbonyl (C=O) groups is 3. The molecule has 3 aromatic rings. The average Bonchev–Trinajstić information content (AvgIpc) is 3.05. The first kappa shape index (κ1) is 23.3. The Bertz CT molecular complexity index is 1330. The van der Waals surface area contributed by atoms with Crippen LogP contribution in [0.15, 0.2) is 54.1 Å². The van der Waals surface area contributed by atoms with E-state index in [9.17, 15) is 29.9 Å². The van der Waals surface area contributed by atoms with Crippen molar-refractivity contribution in [3.8, 4) is 11.8 Å². The van der Waals surface area contributed by atoms with E-state index in [-0.39, 0.29) is 16.7 Å². The summed E-state index contributed by atoms with van der Waals surface area (Å²) in [5.41, 5.74) is 1.96. The van der Waals surface area contributed by atoms with Crippen molar-refractivity contribution in [2.45, 2.75) is 13.8 Å². The van der Waals surface area contributed by atoms with E-state index in [0.29, 0.717) is 33.3 Å². The summed E-state index contributed by atoms with van der Waals surface area (Å²) in [6.45, 7) is 3.46. The predicted molar refractivity (Wildman–Crippen MR) is 123 cm³/mol.